The van der Waals surface area contributed by atoms with Gasteiger partial charge in [-0.05, 0) is 38.6 Å². The van der Waals surface area contributed by atoms with Crippen molar-refractivity contribution in [2.45, 2.75) is 59.9 Å². The molecule has 0 aromatic heterocycles. The number of hydrogen-bond donors (Lipinski definition) is 1. The summed E-state index contributed by atoms with van der Waals surface area (Å²) in [5.74, 6) is 0. The maximum absolute atomic E-state index is 3.57. The molecule has 74 valence electrons. The molecule has 1 heteroatoms. The van der Waals surface area contributed by atoms with Crippen molar-refractivity contribution >= 4 is 0 Å². The molecule has 0 heterocycles. The summed E-state index contributed by atoms with van der Waals surface area (Å²) in [4.78, 5) is 0. The molecule has 0 radical (unpaired) electrons. The van der Waals surface area contributed by atoms with Crippen molar-refractivity contribution in [1.29, 1.82) is 0 Å². The van der Waals surface area contributed by atoms with Gasteiger partial charge in [-0.25, -0.2) is 0 Å². The van der Waals surface area contributed by atoms with E-state index in [4.69, 9.17) is 0 Å². The molecular formula is C11H25N. The van der Waals surface area contributed by atoms with Gasteiger partial charge in [-0.3, -0.25) is 0 Å². The van der Waals surface area contributed by atoms with Crippen LogP contribution in [0.1, 0.15) is 54.4 Å². The third-order valence-corrected chi connectivity index (χ3v) is 1.83. The predicted octanol–water partition coefficient (Wildman–Crippen LogP) is 3.20. The molecule has 0 aliphatic carbocycles. The van der Waals surface area contributed by atoms with Crippen LogP contribution in [0, 0.1) is 5.41 Å². The van der Waals surface area contributed by atoms with Crippen LogP contribution in [-0.4, -0.2) is 12.1 Å². The zero-order chi connectivity index (χ0) is 9.83. The zero-order valence-corrected chi connectivity index (χ0v) is 9.62. The summed E-state index contributed by atoms with van der Waals surface area (Å²) in [5.41, 5.74) is 0.707. The lowest BCUT2D eigenvalue weighted by Gasteiger charge is -2.33. The first-order chi connectivity index (χ1) is 5.27. The van der Waals surface area contributed by atoms with E-state index < -0.39 is 0 Å². The van der Waals surface area contributed by atoms with Crippen molar-refractivity contribution in [1.82, 2.24) is 5.32 Å². The molecule has 0 spiro atoms. The van der Waals surface area contributed by atoms with Gasteiger partial charge in [0, 0.05) is 5.54 Å². The maximum Gasteiger partial charge on any atom is 0.0130 e. The molecule has 12 heavy (non-hydrogen) atoms. The van der Waals surface area contributed by atoms with Gasteiger partial charge in [0.2, 0.25) is 0 Å². The van der Waals surface area contributed by atoms with Gasteiger partial charge in [-0.1, -0.05) is 27.7 Å². The highest BCUT2D eigenvalue weighted by Gasteiger charge is 2.24. The van der Waals surface area contributed by atoms with Crippen molar-refractivity contribution < 1.29 is 0 Å². The van der Waals surface area contributed by atoms with Crippen molar-refractivity contribution in [2.24, 2.45) is 5.41 Å². The van der Waals surface area contributed by atoms with Crippen LogP contribution in [0.4, 0.5) is 0 Å². The Kier molecular flexibility index (Phi) is 4.25. The largest absolute Gasteiger partial charge is 0.312 e. The van der Waals surface area contributed by atoms with Gasteiger partial charge in [-0.15, -0.1) is 0 Å². The van der Waals surface area contributed by atoms with Crippen LogP contribution in [0.5, 0.6) is 0 Å². The van der Waals surface area contributed by atoms with Gasteiger partial charge in [-0.2, -0.15) is 0 Å². The molecule has 1 N–H and O–H groups in total. The summed E-state index contributed by atoms with van der Waals surface area (Å²) >= 11 is 0. The molecule has 0 unspecified atom stereocenters. The van der Waals surface area contributed by atoms with Gasteiger partial charge < -0.3 is 5.32 Å². The van der Waals surface area contributed by atoms with Crippen LogP contribution >= 0.6 is 0 Å². The molecule has 0 saturated heterocycles. The van der Waals surface area contributed by atoms with Gasteiger partial charge >= 0.3 is 0 Å². The molecule has 1 nitrogen and oxygen atoms in total. The molecule has 0 bridgehead atoms. The van der Waals surface area contributed by atoms with Gasteiger partial charge in [0.05, 0.1) is 0 Å². The van der Waals surface area contributed by atoms with Crippen LogP contribution in [0.25, 0.3) is 0 Å². The highest BCUT2D eigenvalue weighted by atomic mass is 14.9. The average molecular weight is 171 g/mol. The van der Waals surface area contributed by atoms with E-state index in [9.17, 15) is 0 Å². The minimum Gasteiger partial charge on any atom is -0.312 e. The first-order valence-electron chi connectivity index (χ1n) is 5.02. The lowest BCUT2D eigenvalue weighted by atomic mass is 9.82. The van der Waals surface area contributed by atoms with Gasteiger partial charge in [0.1, 0.15) is 0 Å². The minimum atomic E-state index is 0.286. The fraction of sp³-hybridized carbons (Fsp3) is 1.00. The lowest BCUT2D eigenvalue weighted by molar-refractivity contribution is 0.243. The summed E-state index contributed by atoms with van der Waals surface area (Å²) in [5, 5.41) is 3.57. The monoisotopic (exact) mass is 171 g/mol. The molecule has 0 rings (SSSR count). The number of nitrogens with one attached hydrogen (secondary N) is 1. The van der Waals surface area contributed by atoms with E-state index in [-0.39, 0.29) is 5.54 Å². The van der Waals surface area contributed by atoms with Crippen molar-refractivity contribution in [2.75, 3.05) is 6.54 Å². The molecular weight excluding hydrogens is 146 g/mol. The molecule has 0 aromatic carbocycles. The molecule has 0 atom stereocenters. The van der Waals surface area contributed by atoms with E-state index in [1.165, 1.54) is 12.8 Å². The summed E-state index contributed by atoms with van der Waals surface area (Å²) in [6, 6.07) is 0. The van der Waals surface area contributed by atoms with Crippen molar-refractivity contribution in [3.8, 4) is 0 Å². The molecule has 0 amide bonds. The van der Waals surface area contributed by atoms with E-state index in [0.29, 0.717) is 5.41 Å². The highest BCUT2D eigenvalue weighted by molar-refractivity contribution is 4.82. The summed E-state index contributed by atoms with van der Waals surface area (Å²) < 4.78 is 0. The third-order valence-electron chi connectivity index (χ3n) is 1.83. The first kappa shape index (κ1) is 12.0. The fourth-order valence-electron chi connectivity index (χ4n) is 1.85. The van der Waals surface area contributed by atoms with Crippen LogP contribution in [0.2, 0.25) is 0 Å². The summed E-state index contributed by atoms with van der Waals surface area (Å²) in [6.45, 7) is 14.8. The van der Waals surface area contributed by atoms with E-state index in [2.05, 4.69) is 46.9 Å². The smallest absolute Gasteiger partial charge is 0.0130 e. The van der Waals surface area contributed by atoms with E-state index >= 15 is 0 Å². The Balaban J connectivity index is 3.86. The maximum atomic E-state index is 3.57. The Labute approximate surface area is 77.9 Å². The normalized spacial score (nSPS) is 13.5. The first-order valence-corrected chi connectivity index (χ1v) is 5.02. The van der Waals surface area contributed by atoms with Gasteiger partial charge in [0.15, 0.2) is 0 Å². The fourth-order valence-corrected chi connectivity index (χ4v) is 1.85. The summed E-state index contributed by atoms with van der Waals surface area (Å²) in [7, 11) is 0. The molecule has 0 saturated carbocycles. The minimum absolute atomic E-state index is 0.286. The second kappa shape index (κ2) is 4.27. The number of hydrogen-bond acceptors (Lipinski definition) is 1. The zero-order valence-electron chi connectivity index (χ0n) is 9.62. The average Bonchev–Trinajstić information content (AvgIpc) is 1.78. The Bertz CT molecular complexity index is 119. The predicted molar refractivity (Wildman–Crippen MR) is 56.4 cm³/mol. The van der Waals surface area contributed by atoms with Crippen molar-refractivity contribution in [3.05, 3.63) is 0 Å². The second-order valence-electron chi connectivity index (χ2n) is 5.55. The Morgan fingerprint density at radius 2 is 1.50 bits per heavy atom. The SMILES string of the molecule is CCCNC(C)(C)CC(C)(C)C. The standard InChI is InChI=1S/C11H25N/c1-7-8-12-11(5,6)9-10(2,3)4/h12H,7-9H2,1-6H3. The second-order valence-corrected chi connectivity index (χ2v) is 5.55. The van der Waals surface area contributed by atoms with E-state index in [1.54, 1.807) is 0 Å². The lowest BCUT2D eigenvalue weighted by Crippen LogP contribution is -2.42. The molecule has 0 aliphatic heterocycles. The Morgan fingerprint density at radius 1 is 1.00 bits per heavy atom. The highest BCUT2D eigenvalue weighted by Crippen LogP contribution is 2.26. The Hall–Kier alpha value is -0.0400. The van der Waals surface area contributed by atoms with Crippen LogP contribution < -0.4 is 5.32 Å². The quantitative estimate of drug-likeness (QED) is 0.685. The third kappa shape index (κ3) is 6.66. The Morgan fingerprint density at radius 3 is 1.83 bits per heavy atom. The van der Waals surface area contributed by atoms with E-state index in [0.717, 1.165) is 6.54 Å². The van der Waals surface area contributed by atoms with Gasteiger partial charge in [0.25, 0.3) is 0 Å². The number of rotatable bonds is 4. The van der Waals surface area contributed by atoms with Crippen molar-refractivity contribution in [3.63, 3.8) is 0 Å². The topological polar surface area (TPSA) is 12.0 Å². The van der Waals surface area contributed by atoms with Crippen LogP contribution in [0.15, 0.2) is 0 Å². The van der Waals surface area contributed by atoms with Crippen LogP contribution in [-0.2, 0) is 0 Å². The molecule has 0 aliphatic rings. The summed E-state index contributed by atoms with van der Waals surface area (Å²) in [6.07, 6.45) is 2.44. The molecule has 0 fully saturated rings. The molecule has 0 aromatic rings. The van der Waals surface area contributed by atoms with Crippen LogP contribution in [0.3, 0.4) is 0 Å². The van der Waals surface area contributed by atoms with E-state index in [1.807, 2.05) is 0 Å².